The summed E-state index contributed by atoms with van der Waals surface area (Å²) in [5, 5.41) is 23.2. The van der Waals surface area contributed by atoms with E-state index in [1.807, 2.05) is 43.2 Å². The Hall–Kier alpha value is -8.00. The van der Waals surface area contributed by atoms with Crippen LogP contribution in [0, 0.1) is 5.92 Å². The number of esters is 2. The Morgan fingerprint density at radius 2 is 1.57 bits per heavy atom. The molecule has 10 atom stereocenters. The molecule has 548 valence electrons. The van der Waals surface area contributed by atoms with Crippen molar-refractivity contribution >= 4 is 83.6 Å². The molecule has 3 unspecified atom stereocenters. The number of nitrogens with zero attached hydrogens (tertiary/aromatic N) is 5. The van der Waals surface area contributed by atoms with E-state index in [1.165, 1.54) is 92.2 Å². The summed E-state index contributed by atoms with van der Waals surface area (Å²) in [5.41, 5.74) is 3.12. The molecule has 4 aromatic rings. The Bertz CT molecular complexity index is 3720. The molecule has 30 nitrogen and oxygen atoms in total. The maximum absolute atomic E-state index is 15.2. The summed E-state index contributed by atoms with van der Waals surface area (Å²) >= 11 is 6.94. The summed E-state index contributed by atoms with van der Waals surface area (Å²) in [7, 11) is 5.70. The van der Waals surface area contributed by atoms with Gasteiger partial charge in [-0.15, -0.1) is 0 Å². The number of ether oxygens (including phenoxy) is 8. The fourth-order valence-corrected chi connectivity index (χ4v) is 12.5. The van der Waals surface area contributed by atoms with Gasteiger partial charge < -0.3 is 77.4 Å². The number of rotatable bonds is 29. The Morgan fingerprint density at radius 1 is 0.910 bits per heavy atom. The second-order valence-electron chi connectivity index (χ2n) is 25.3. The standard InChI is InChI=1S/C68H93ClN9O21P/c1-41-17-16-20-56(92-13)67(87)38-55(95-65(86)73-67)42(2)61-66(6,96-61)68(97-63(84)43(3)75(9)45(5)79,39-59(82)77(11)53-35-47(33-41)36-54(91-12)60(53)69)98-64(85)44(4)76(10)58(81)26-29-93-31-32-94-30-27-71-62(83)51(34-46-21-23-50(24-22-46)99-100(88,89)90)72-57(80)25-28-78-49(40-74(8)70-7)37-48-18-14-15-19-52(48)78/h14-24,35-37,42-44,51,55-56,61,70,87H,25-34,38-40H2,1-13H3,(H,71,83)(H,72,80)(H,73,86)(H2,88,89,90)/b20-16+,41-17+/t42-,43+,44?,51?,55+,56?,61+,66-,67+,68-/m1/s1. The molecule has 2 fully saturated rings. The number of carbonyl (C=O) groups excluding carboxylic acids is 8. The van der Waals surface area contributed by atoms with E-state index in [0.717, 1.165) is 32.0 Å². The zero-order valence-electron chi connectivity index (χ0n) is 58.6. The third-order valence-corrected chi connectivity index (χ3v) is 19.0. The third-order valence-electron chi connectivity index (χ3n) is 18.2. The highest BCUT2D eigenvalue weighted by Gasteiger charge is 2.74. The number of likely N-dealkylation sites (N-methyl/N-ethyl adjacent to an activating group) is 2. The molecule has 100 heavy (non-hydrogen) atoms. The van der Waals surface area contributed by atoms with E-state index in [4.69, 9.17) is 49.5 Å². The molecular weight excluding hydrogens is 1350 g/mol. The van der Waals surface area contributed by atoms with Gasteiger partial charge in [-0.1, -0.05) is 72.7 Å². The van der Waals surface area contributed by atoms with Gasteiger partial charge in [0, 0.05) is 91.7 Å². The second-order valence-corrected chi connectivity index (χ2v) is 26.8. The van der Waals surface area contributed by atoms with Crippen molar-refractivity contribution in [2.75, 3.05) is 87.3 Å². The van der Waals surface area contributed by atoms with E-state index < -0.39 is 121 Å². The van der Waals surface area contributed by atoms with Crippen molar-refractivity contribution in [1.82, 2.24) is 40.8 Å². The van der Waals surface area contributed by atoms with Crippen molar-refractivity contribution in [1.29, 1.82) is 0 Å². The predicted molar refractivity (Wildman–Crippen MR) is 365 cm³/mol. The molecule has 32 heteroatoms. The Kier molecular flexibility index (Phi) is 27.4. The van der Waals surface area contributed by atoms with Gasteiger partial charge in [0.1, 0.15) is 59.4 Å². The maximum Gasteiger partial charge on any atom is 0.524 e. The number of hydrogen-bond donors (Lipinski definition) is 7. The number of benzene rings is 3. The zero-order chi connectivity index (χ0) is 73.6. The number of halogens is 1. The van der Waals surface area contributed by atoms with Crippen LogP contribution in [0.4, 0.5) is 10.5 Å². The van der Waals surface area contributed by atoms with Crippen molar-refractivity contribution in [2.45, 2.75) is 147 Å². The molecule has 4 bridgehead atoms. The maximum atomic E-state index is 15.2. The number of para-hydroxylation sites is 1. The lowest BCUT2D eigenvalue weighted by molar-refractivity contribution is -0.255. The molecule has 3 aromatic carbocycles. The highest BCUT2D eigenvalue weighted by atomic mass is 35.5. The first-order valence-corrected chi connectivity index (χ1v) is 34.4. The topological polar surface area (TPSA) is 367 Å². The first-order chi connectivity index (χ1) is 47.2. The van der Waals surface area contributed by atoms with Crippen molar-refractivity contribution in [3.05, 3.63) is 112 Å². The smallest absolute Gasteiger partial charge is 0.495 e. The molecule has 3 aliphatic heterocycles. The molecule has 7 rings (SSSR count). The monoisotopic (exact) mass is 1440 g/mol. The van der Waals surface area contributed by atoms with Gasteiger partial charge in [0.25, 0.3) is 5.79 Å². The number of phosphoric acid groups is 1. The number of aliphatic hydroxyl groups is 1. The van der Waals surface area contributed by atoms with E-state index >= 15 is 4.79 Å². The number of anilines is 1. The van der Waals surface area contributed by atoms with Gasteiger partial charge in [-0.2, -0.15) is 0 Å². The second kappa shape index (κ2) is 34.6. The number of amides is 6. The van der Waals surface area contributed by atoms with E-state index in [0.29, 0.717) is 30.6 Å². The number of carbonyl (C=O) groups is 8. The minimum Gasteiger partial charge on any atom is -0.495 e. The third kappa shape index (κ3) is 20.2. The number of aromatic nitrogens is 1. The van der Waals surface area contributed by atoms with Crippen LogP contribution in [-0.4, -0.2) is 218 Å². The van der Waals surface area contributed by atoms with Gasteiger partial charge in [-0.3, -0.25) is 44.5 Å². The molecule has 1 aromatic heterocycles. The lowest BCUT2D eigenvalue weighted by atomic mass is 9.82. The van der Waals surface area contributed by atoms with Crippen LogP contribution in [-0.2, 0) is 97.2 Å². The number of aryl methyl sites for hydroxylation is 1. The van der Waals surface area contributed by atoms with E-state index in [-0.39, 0.29) is 80.9 Å². The van der Waals surface area contributed by atoms with Gasteiger partial charge >= 0.3 is 25.9 Å². The van der Waals surface area contributed by atoms with Crippen LogP contribution in [0.3, 0.4) is 0 Å². The number of hydrazine groups is 1. The lowest BCUT2D eigenvalue weighted by Gasteiger charge is -2.42. The fourth-order valence-electron chi connectivity index (χ4n) is 11.8. The Balaban J connectivity index is 1.02. The fraction of sp³-hybridized carbons (Fsp3) is 0.529. The van der Waals surface area contributed by atoms with Gasteiger partial charge in [0.05, 0.1) is 52.2 Å². The van der Waals surface area contributed by atoms with Gasteiger partial charge in [-0.05, 0) is 94.1 Å². The highest BCUT2D eigenvalue weighted by molar-refractivity contribution is 7.46. The number of fused-ring (bicyclic) bond motifs is 6. The normalized spacial score (nSPS) is 23.5. The number of allylic oxidation sites excluding steroid dienone is 3. The van der Waals surface area contributed by atoms with Gasteiger partial charge in [0.15, 0.2) is 11.3 Å². The molecule has 3 aliphatic rings. The number of epoxide rings is 1. The first kappa shape index (κ1) is 79.3. The summed E-state index contributed by atoms with van der Waals surface area (Å²) in [4.78, 5) is 134. The van der Waals surface area contributed by atoms with Crippen molar-refractivity contribution in [3.63, 3.8) is 0 Å². The molecule has 7 N–H and O–H groups in total. The Labute approximate surface area is 586 Å². The Morgan fingerprint density at radius 3 is 2.21 bits per heavy atom. The minimum absolute atomic E-state index is 0.00277. The van der Waals surface area contributed by atoms with Gasteiger partial charge in [0.2, 0.25) is 29.5 Å². The van der Waals surface area contributed by atoms with E-state index in [2.05, 4.69) is 36.5 Å². The minimum atomic E-state index is -4.84. The zero-order valence-corrected chi connectivity index (χ0v) is 60.2. The highest BCUT2D eigenvalue weighted by Crippen LogP contribution is 2.55. The molecule has 0 spiro atoms. The molecular formula is C68H93ClN9O21P. The first-order valence-electron chi connectivity index (χ1n) is 32.5. The summed E-state index contributed by atoms with van der Waals surface area (Å²) in [6, 6.07) is 15.1. The summed E-state index contributed by atoms with van der Waals surface area (Å²) in [5.74, 6) is -8.75. The number of hydrogen-bond acceptors (Lipinski definition) is 21. The van der Waals surface area contributed by atoms with Crippen LogP contribution in [0.1, 0.15) is 84.0 Å². The van der Waals surface area contributed by atoms with Crippen molar-refractivity contribution < 1.29 is 100 Å². The lowest BCUT2D eigenvalue weighted by Crippen LogP contribution is -2.64. The van der Waals surface area contributed by atoms with Crippen LogP contribution in [0.15, 0.2) is 90.5 Å². The molecule has 0 aliphatic carbocycles. The number of phosphoric ester groups is 1. The average Bonchev–Trinajstić information content (AvgIpc) is 1.54. The molecule has 0 radical (unpaired) electrons. The average molecular weight is 1440 g/mol. The SMILES string of the molecule is CNN(C)Cc1cc2ccccc2n1CCC(=O)NC(Cc1ccc(OP(=O)(O)O)cc1)C(=O)NCCOCCOCCC(=O)N(C)C(C)C(=O)O[C@]1(OC(=O)[C@H](C)N(C)C(C)=O)CC(=O)N(C)c2cc(cc(OC)c2Cl)C/C(C)=C/C=C/C(OC)[C@@]2(O)C[C@H](OC(=O)N2)[C@@H](C)[C@@H]2O[C@]21C. The predicted octanol–water partition coefficient (Wildman–Crippen LogP) is 4.60. The van der Waals surface area contributed by atoms with Crippen molar-refractivity contribution in [3.8, 4) is 11.5 Å². The largest absolute Gasteiger partial charge is 0.524 e. The van der Waals surface area contributed by atoms with Crippen LogP contribution in [0.5, 0.6) is 11.5 Å². The number of nitrogens with one attached hydrogen (secondary N) is 4. The van der Waals surface area contributed by atoms with E-state index in [9.17, 15) is 53.0 Å². The van der Waals surface area contributed by atoms with Crippen LogP contribution in [0.25, 0.3) is 10.9 Å². The number of methoxy groups -OCH3 is 2. The summed E-state index contributed by atoms with van der Waals surface area (Å²) < 4.78 is 65.9. The summed E-state index contributed by atoms with van der Waals surface area (Å²) in [6.45, 7) is 9.59. The molecule has 6 amide bonds. The quantitative estimate of drug-likeness (QED) is 0.00975. The summed E-state index contributed by atoms with van der Waals surface area (Å²) in [6.07, 6.45) is -0.584. The van der Waals surface area contributed by atoms with Gasteiger partial charge in [-0.25, -0.2) is 24.0 Å². The molecule has 2 saturated heterocycles. The van der Waals surface area contributed by atoms with Crippen molar-refractivity contribution in [2.24, 2.45) is 5.92 Å². The molecule has 4 heterocycles. The van der Waals surface area contributed by atoms with E-state index in [1.54, 1.807) is 44.3 Å². The van der Waals surface area contributed by atoms with Crippen LogP contribution >= 0.6 is 19.4 Å². The van der Waals surface area contributed by atoms with Crippen LogP contribution in [0.2, 0.25) is 5.02 Å². The molecule has 0 saturated carbocycles. The number of alkyl carbamates (subject to hydrolysis) is 1. The van der Waals surface area contributed by atoms with Crippen LogP contribution < -0.4 is 35.5 Å².